The van der Waals surface area contributed by atoms with Gasteiger partial charge in [-0.3, -0.25) is 4.79 Å². The van der Waals surface area contributed by atoms with Crippen molar-refractivity contribution in [3.8, 4) is 0 Å². The molecule has 1 atom stereocenters. The Morgan fingerprint density at radius 1 is 1.53 bits per heavy atom. The van der Waals surface area contributed by atoms with E-state index in [1.165, 1.54) is 11.3 Å². The lowest BCUT2D eigenvalue weighted by molar-refractivity contribution is -0.124. The number of hydrogen-bond acceptors (Lipinski definition) is 4. The molecule has 19 heavy (non-hydrogen) atoms. The Hall–Kier alpha value is -1.82. The van der Waals surface area contributed by atoms with E-state index in [2.05, 4.69) is 17.2 Å². The molecular formula is C13H18N4OS. The summed E-state index contributed by atoms with van der Waals surface area (Å²) < 4.78 is 1.94. The number of nitrogens with one attached hydrogen (secondary N) is 1. The quantitative estimate of drug-likeness (QED) is 0.850. The number of nitrogens with two attached hydrogens (primary N) is 1. The summed E-state index contributed by atoms with van der Waals surface area (Å²) in [6.45, 7) is 2.50. The first kappa shape index (κ1) is 13.6. The van der Waals surface area contributed by atoms with Crippen molar-refractivity contribution in [2.24, 2.45) is 0 Å². The average molecular weight is 278 g/mol. The van der Waals surface area contributed by atoms with Crippen LogP contribution in [0.25, 0.3) is 0 Å². The van der Waals surface area contributed by atoms with E-state index < -0.39 is 0 Å². The molecular weight excluding hydrogens is 260 g/mol. The predicted octanol–water partition coefficient (Wildman–Crippen LogP) is 2.18. The Bertz CT molecular complexity index is 520. The van der Waals surface area contributed by atoms with E-state index in [1.807, 2.05) is 34.5 Å². The van der Waals surface area contributed by atoms with Crippen molar-refractivity contribution >= 4 is 22.4 Å². The summed E-state index contributed by atoms with van der Waals surface area (Å²) in [6, 6.07) is 3.70. The van der Waals surface area contributed by atoms with E-state index in [1.54, 1.807) is 0 Å². The van der Waals surface area contributed by atoms with Crippen LogP contribution in [0.1, 0.15) is 31.5 Å². The van der Waals surface area contributed by atoms with Gasteiger partial charge in [0.15, 0.2) is 5.13 Å². The molecule has 2 aromatic rings. The summed E-state index contributed by atoms with van der Waals surface area (Å²) >= 11 is 1.38. The molecule has 0 aliphatic carbocycles. The van der Waals surface area contributed by atoms with Crippen molar-refractivity contribution < 1.29 is 4.79 Å². The summed E-state index contributed by atoms with van der Waals surface area (Å²) in [5.74, 6) is 0.0182. The maximum Gasteiger partial charge on any atom is 0.243 e. The molecule has 2 heterocycles. The topological polar surface area (TPSA) is 72.9 Å². The zero-order valence-electron chi connectivity index (χ0n) is 10.9. The molecule has 0 saturated heterocycles. The molecule has 0 spiro atoms. The zero-order chi connectivity index (χ0) is 13.7. The molecule has 0 aliphatic heterocycles. The number of aromatic nitrogens is 2. The van der Waals surface area contributed by atoms with Crippen LogP contribution >= 0.6 is 11.3 Å². The number of nitrogen functional groups attached to an aromatic ring is 1. The minimum atomic E-state index is -0.156. The lowest BCUT2D eigenvalue weighted by Crippen LogP contribution is -2.31. The number of nitrogens with zero attached hydrogens (tertiary/aromatic N) is 2. The highest BCUT2D eigenvalue weighted by molar-refractivity contribution is 7.13. The molecule has 0 aromatic carbocycles. The van der Waals surface area contributed by atoms with Gasteiger partial charge >= 0.3 is 0 Å². The fourth-order valence-electron chi connectivity index (χ4n) is 1.94. The second-order valence-corrected chi connectivity index (χ2v) is 5.22. The van der Waals surface area contributed by atoms with E-state index in [4.69, 9.17) is 5.73 Å². The number of hydrogen-bond donors (Lipinski definition) is 2. The van der Waals surface area contributed by atoms with E-state index in [9.17, 15) is 4.79 Å². The average Bonchev–Trinajstić information content (AvgIpc) is 3.04. The highest BCUT2D eigenvalue weighted by atomic mass is 32.1. The summed E-state index contributed by atoms with van der Waals surface area (Å²) in [5.41, 5.74) is 6.36. The predicted molar refractivity (Wildman–Crippen MR) is 76.8 cm³/mol. The van der Waals surface area contributed by atoms with Crippen molar-refractivity contribution in [2.75, 3.05) is 5.73 Å². The van der Waals surface area contributed by atoms with Crippen LogP contribution in [0.15, 0.2) is 29.9 Å². The third-order valence-electron chi connectivity index (χ3n) is 2.87. The van der Waals surface area contributed by atoms with Gasteiger partial charge in [-0.05, 0) is 18.6 Å². The minimum absolute atomic E-state index is 0.0182. The fourth-order valence-corrected chi connectivity index (χ4v) is 2.51. The van der Waals surface area contributed by atoms with Crippen LogP contribution in [0.3, 0.4) is 0 Å². The third-order valence-corrected chi connectivity index (χ3v) is 3.59. The standard InChI is InChI=1S/C13H18N4OS/c1-2-5-11(17-6-3-4-7-17)12(18)15-8-10-9-19-13(14)16-10/h3-4,6-7,9,11H,2,5,8H2,1H3,(H2,14,16)(H,15,18). The second-order valence-electron chi connectivity index (χ2n) is 4.33. The Balaban J connectivity index is 1.96. The lowest BCUT2D eigenvalue weighted by atomic mass is 10.1. The normalized spacial score (nSPS) is 12.3. The summed E-state index contributed by atoms with van der Waals surface area (Å²) in [4.78, 5) is 16.3. The van der Waals surface area contributed by atoms with Gasteiger partial charge < -0.3 is 15.6 Å². The smallest absolute Gasteiger partial charge is 0.243 e. The largest absolute Gasteiger partial charge is 0.375 e. The minimum Gasteiger partial charge on any atom is -0.375 e. The molecule has 3 N–H and O–H groups in total. The molecule has 0 radical (unpaired) electrons. The van der Waals surface area contributed by atoms with Crippen molar-refractivity contribution in [3.05, 3.63) is 35.6 Å². The maximum atomic E-state index is 12.2. The van der Waals surface area contributed by atoms with Crippen LogP contribution in [0, 0.1) is 0 Å². The van der Waals surface area contributed by atoms with Gasteiger partial charge in [0.05, 0.1) is 12.2 Å². The highest BCUT2D eigenvalue weighted by Gasteiger charge is 2.18. The molecule has 1 amide bonds. The first-order chi connectivity index (χ1) is 9.20. The number of rotatable bonds is 6. The number of thiazole rings is 1. The van der Waals surface area contributed by atoms with E-state index >= 15 is 0 Å². The maximum absolute atomic E-state index is 12.2. The number of carbonyl (C=O) groups is 1. The Morgan fingerprint density at radius 2 is 2.26 bits per heavy atom. The third kappa shape index (κ3) is 3.57. The highest BCUT2D eigenvalue weighted by Crippen LogP contribution is 2.15. The van der Waals surface area contributed by atoms with Gasteiger partial charge in [-0.15, -0.1) is 11.3 Å². The molecule has 0 saturated carbocycles. The molecule has 102 valence electrons. The van der Waals surface area contributed by atoms with Crippen molar-refractivity contribution in [1.82, 2.24) is 14.9 Å². The van der Waals surface area contributed by atoms with Crippen LogP contribution in [0.2, 0.25) is 0 Å². The van der Waals surface area contributed by atoms with E-state index in [-0.39, 0.29) is 11.9 Å². The van der Waals surface area contributed by atoms with Crippen LogP contribution in [-0.4, -0.2) is 15.5 Å². The number of anilines is 1. The van der Waals surface area contributed by atoms with Gasteiger partial charge in [-0.25, -0.2) is 4.98 Å². The molecule has 1 unspecified atom stereocenters. The first-order valence-corrected chi connectivity index (χ1v) is 7.18. The summed E-state index contributed by atoms with van der Waals surface area (Å²) in [6.07, 6.45) is 5.61. The molecule has 2 aromatic heterocycles. The molecule has 0 fully saturated rings. The Kier molecular flexibility index (Phi) is 4.57. The van der Waals surface area contributed by atoms with Crippen LogP contribution < -0.4 is 11.1 Å². The molecule has 0 aliphatic rings. The van der Waals surface area contributed by atoms with Gasteiger partial charge in [-0.1, -0.05) is 13.3 Å². The molecule has 6 heteroatoms. The molecule has 5 nitrogen and oxygen atoms in total. The fraction of sp³-hybridized carbons (Fsp3) is 0.385. The van der Waals surface area contributed by atoms with Gasteiger partial charge in [0.1, 0.15) is 6.04 Å². The monoisotopic (exact) mass is 278 g/mol. The summed E-state index contributed by atoms with van der Waals surface area (Å²) in [5, 5.41) is 5.30. The van der Waals surface area contributed by atoms with Crippen molar-refractivity contribution in [3.63, 3.8) is 0 Å². The van der Waals surface area contributed by atoms with E-state index in [0.717, 1.165) is 18.5 Å². The first-order valence-electron chi connectivity index (χ1n) is 6.30. The number of carbonyl (C=O) groups excluding carboxylic acids is 1. The Morgan fingerprint density at radius 3 is 2.84 bits per heavy atom. The van der Waals surface area contributed by atoms with Gasteiger partial charge in [0, 0.05) is 17.8 Å². The van der Waals surface area contributed by atoms with Crippen molar-refractivity contribution in [1.29, 1.82) is 0 Å². The summed E-state index contributed by atoms with van der Waals surface area (Å²) in [7, 11) is 0. The van der Waals surface area contributed by atoms with Crippen LogP contribution in [0.5, 0.6) is 0 Å². The SMILES string of the molecule is CCCC(C(=O)NCc1csc(N)n1)n1cccc1. The van der Waals surface area contributed by atoms with Gasteiger partial charge in [0.25, 0.3) is 0 Å². The van der Waals surface area contributed by atoms with Crippen LogP contribution in [-0.2, 0) is 11.3 Å². The van der Waals surface area contributed by atoms with Crippen LogP contribution in [0.4, 0.5) is 5.13 Å². The zero-order valence-corrected chi connectivity index (χ0v) is 11.7. The molecule has 2 rings (SSSR count). The Labute approximate surface area is 116 Å². The molecule has 0 bridgehead atoms. The lowest BCUT2D eigenvalue weighted by Gasteiger charge is -2.17. The van der Waals surface area contributed by atoms with Gasteiger partial charge in [0.2, 0.25) is 5.91 Å². The second kappa shape index (κ2) is 6.38. The van der Waals surface area contributed by atoms with E-state index in [0.29, 0.717) is 11.7 Å². The number of amides is 1. The van der Waals surface area contributed by atoms with Crippen molar-refractivity contribution in [2.45, 2.75) is 32.4 Å². The van der Waals surface area contributed by atoms with Gasteiger partial charge in [-0.2, -0.15) is 0 Å².